The van der Waals surface area contributed by atoms with Crippen LogP contribution in [0.4, 0.5) is 4.39 Å². The van der Waals surface area contributed by atoms with Gasteiger partial charge in [0.05, 0.1) is 10.5 Å². The first kappa shape index (κ1) is 14.4. The number of aliphatic hydroxyl groups is 1. The van der Waals surface area contributed by atoms with E-state index in [9.17, 15) is 17.9 Å². The minimum atomic E-state index is -3.65. The molecule has 1 fully saturated rings. The summed E-state index contributed by atoms with van der Waals surface area (Å²) in [6.45, 7) is 5.17. The zero-order valence-corrected chi connectivity index (χ0v) is 12.1. The lowest BCUT2D eigenvalue weighted by atomic mass is 9.94. The molecule has 0 spiro atoms. The molecule has 0 unspecified atom stereocenters. The van der Waals surface area contributed by atoms with E-state index >= 15 is 0 Å². The third-order valence-electron chi connectivity index (χ3n) is 3.62. The van der Waals surface area contributed by atoms with Gasteiger partial charge in [-0.3, -0.25) is 0 Å². The second-order valence-corrected chi connectivity index (χ2v) is 7.09. The fourth-order valence-corrected chi connectivity index (χ4v) is 4.45. The average molecular weight is 287 g/mol. The van der Waals surface area contributed by atoms with Gasteiger partial charge < -0.3 is 5.11 Å². The molecule has 1 aromatic rings. The van der Waals surface area contributed by atoms with Gasteiger partial charge in [-0.15, -0.1) is 0 Å². The van der Waals surface area contributed by atoms with Crippen LogP contribution in [-0.4, -0.2) is 36.5 Å². The maximum Gasteiger partial charge on any atom is 0.243 e. The van der Waals surface area contributed by atoms with Crippen LogP contribution in [0.2, 0.25) is 0 Å². The highest BCUT2D eigenvalue weighted by Gasteiger charge is 2.46. The first-order valence-electron chi connectivity index (χ1n) is 6.19. The lowest BCUT2D eigenvalue weighted by molar-refractivity contribution is -0.0613. The summed E-state index contributed by atoms with van der Waals surface area (Å²) in [6.07, 6.45) is 0.514. The monoisotopic (exact) mass is 287 g/mol. The molecular formula is C13H18FNO3S. The molecule has 0 atom stereocenters. The van der Waals surface area contributed by atoms with Crippen molar-refractivity contribution in [1.29, 1.82) is 0 Å². The molecule has 0 aliphatic carbocycles. The molecule has 2 rings (SSSR count). The van der Waals surface area contributed by atoms with Crippen LogP contribution < -0.4 is 0 Å². The fourth-order valence-electron chi connectivity index (χ4n) is 2.44. The summed E-state index contributed by atoms with van der Waals surface area (Å²) < 4.78 is 39.4. The molecule has 1 heterocycles. The van der Waals surface area contributed by atoms with Crippen molar-refractivity contribution in [2.75, 3.05) is 13.1 Å². The topological polar surface area (TPSA) is 57.6 Å². The largest absolute Gasteiger partial charge is 0.387 e. The number of halogens is 1. The molecule has 0 amide bonds. The van der Waals surface area contributed by atoms with Gasteiger partial charge in [-0.25, -0.2) is 12.8 Å². The molecule has 0 saturated carbocycles. The minimum Gasteiger partial charge on any atom is -0.387 e. The van der Waals surface area contributed by atoms with E-state index in [1.165, 1.54) is 16.4 Å². The minimum absolute atomic E-state index is 0.0993. The van der Waals surface area contributed by atoms with Crippen LogP contribution in [0.15, 0.2) is 17.0 Å². The van der Waals surface area contributed by atoms with Crippen molar-refractivity contribution in [2.24, 2.45) is 0 Å². The Hall–Kier alpha value is -0.980. The summed E-state index contributed by atoms with van der Waals surface area (Å²) in [4.78, 5) is 0.145. The maximum atomic E-state index is 13.2. The average Bonchev–Trinajstić information content (AvgIpc) is 2.22. The van der Waals surface area contributed by atoms with E-state index in [0.717, 1.165) is 0 Å². The summed E-state index contributed by atoms with van der Waals surface area (Å²) in [5.74, 6) is -0.442. The second kappa shape index (κ2) is 4.54. The Morgan fingerprint density at radius 1 is 1.32 bits per heavy atom. The first-order chi connectivity index (χ1) is 8.69. The number of sulfonamides is 1. The van der Waals surface area contributed by atoms with Crippen LogP contribution in [0, 0.1) is 19.7 Å². The molecule has 6 heteroatoms. The van der Waals surface area contributed by atoms with Gasteiger partial charge in [0.1, 0.15) is 5.82 Å². The van der Waals surface area contributed by atoms with Crippen molar-refractivity contribution in [3.63, 3.8) is 0 Å². The maximum absolute atomic E-state index is 13.2. The molecule has 4 nitrogen and oxygen atoms in total. The van der Waals surface area contributed by atoms with E-state index in [1.54, 1.807) is 13.8 Å². The van der Waals surface area contributed by atoms with Crippen LogP contribution in [-0.2, 0) is 10.0 Å². The number of nitrogens with zero attached hydrogens (tertiary/aromatic N) is 1. The summed E-state index contributed by atoms with van der Waals surface area (Å²) in [5.41, 5.74) is -0.136. The third-order valence-corrected chi connectivity index (χ3v) is 5.72. The van der Waals surface area contributed by atoms with Gasteiger partial charge in [0.25, 0.3) is 0 Å². The predicted molar refractivity (Wildman–Crippen MR) is 69.9 cm³/mol. The zero-order valence-electron chi connectivity index (χ0n) is 11.3. The normalized spacial score (nSPS) is 19.2. The van der Waals surface area contributed by atoms with E-state index in [1.807, 2.05) is 6.92 Å². The molecule has 19 heavy (non-hydrogen) atoms. The van der Waals surface area contributed by atoms with Crippen molar-refractivity contribution in [3.05, 3.63) is 29.1 Å². The van der Waals surface area contributed by atoms with Crippen LogP contribution in [0.1, 0.15) is 24.5 Å². The van der Waals surface area contributed by atoms with Crippen molar-refractivity contribution in [3.8, 4) is 0 Å². The Balaban J connectivity index is 2.38. The standard InChI is InChI=1S/C13H18FNO3S/c1-4-13(16)7-15(8-13)19(17,18)12-9(2)5-11(14)6-10(12)3/h5-6,16H,4,7-8H2,1-3H3. The number of aryl methyl sites for hydroxylation is 2. The van der Waals surface area contributed by atoms with E-state index in [0.29, 0.717) is 17.5 Å². The molecule has 1 aliphatic heterocycles. The van der Waals surface area contributed by atoms with Gasteiger partial charge in [0, 0.05) is 13.1 Å². The van der Waals surface area contributed by atoms with Gasteiger partial charge in [0.2, 0.25) is 10.0 Å². The molecule has 0 aromatic heterocycles. The zero-order chi connectivity index (χ0) is 14.4. The highest BCUT2D eigenvalue weighted by molar-refractivity contribution is 7.89. The fraction of sp³-hybridized carbons (Fsp3) is 0.538. The lowest BCUT2D eigenvalue weighted by Crippen LogP contribution is -2.63. The molecular weight excluding hydrogens is 269 g/mol. The summed E-state index contributed by atoms with van der Waals surface area (Å²) in [7, 11) is -3.65. The molecule has 1 aliphatic rings. The SMILES string of the molecule is CCC1(O)CN(S(=O)(=O)c2c(C)cc(F)cc2C)C1. The van der Waals surface area contributed by atoms with Crippen molar-refractivity contribution in [2.45, 2.75) is 37.7 Å². The molecule has 1 aromatic carbocycles. The quantitative estimate of drug-likeness (QED) is 0.918. The van der Waals surface area contributed by atoms with Crippen LogP contribution in [0.5, 0.6) is 0 Å². The first-order valence-corrected chi connectivity index (χ1v) is 7.63. The number of hydrogen-bond acceptors (Lipinski definition) is 3. The Morgan fingerprint density at radius 2 is 1.79 bits per heavy atom. The smallest absolute Gasteiger partial charge is 0.243 e. The number of rotatable bonds is 3. The summed E-state index contributed by atoms with van der Waals surface area (Å²) in [5, 5.41) is 9.92. The van der Waals surface area contributed by atoms with E-state index < -0.39 is 21.4 Å². The summed E-state index contributed by atoms with van der Waals surface area (Å²) in [6, 6.07) is 2.43. The predicted octanol–water partition coefficient (Wildman–Crippen LogP) is 1.59. The molecule has 106 valence electrons. The lowest BCUT2D eigenvalue weighted by Gasteiger charge is -2.45. The van der Waals surface area contributed by atoms with Gasteiger partial charge in [-0.05, 0) is 43.5 Å². The highest BCUT2D eigenvalue weighted by Crippen LogP contribution is 2.33. The Bertz CT molecular complexity index is 583. The van der Waals surface area contributed by atoms with Crippen LogP contribution in [0.3, 0.4) is 0 Å². The summed E-state index contributed by atoms with van der Waals surface area (Å²) >= 11 is 0. The van der Waals surface area contributed by atoms with Gasteiger partial charge >= 0.3 is 0 Å². The van der Waals surface area contributed by atoms with E-state index in [4.69, 9.17) is 0 Å². The van der Waals surface area contributed by atoms with Crippen molar-refractivity contribution < 1.29 is 17.9 Å². The van der Waals surface area contributed by atoms with Gasteiger partial charge in [-0.2, -0.15) is 4.31 Å². The highest BCUT2D eigenvalue weighted by atomic mass is 32.2. The Morgan fingerprint density at radius 3 is 2.21 bits per heavy atom. The number of β-amino-alcohol motifs (C(OH)–C–C–N with tert-alkyl or cyclic N) is 1. The second-order valence-electron chi connectivity index (χ2n) is 5.22. The van der Waals surface area contributed by atoms with Crippen LogP contribution >= 0.6 is 0 Å². The number of hydrogen-bond donors (Lipinski definition) is 1. The van der Waals surface area contributed by atoms with E-state index in [2.05, 4.69) is 0 Å². The molecule has 1 saturated heterocycles. The molecule has 0 bridgehead atoms. The molecule has 0 radical (unpaired) electrons. The van der Waals surface area contributed by atoms with Crippen molar-refractivity contribution in [1.82, 2.24) is 4.31 Å². The number of benzene rings is 1. The van der Waals surface area contributed by atoms with E-state index in [-0.39, 0.29) is 18.0 Å². The van der Waals surface area contributed by atoms with Gasteiger partial charge in [-0.1, -0.05) is 6.92 Å². The third kappa shape index (κ3) is 2.40. The van der Waals surface area contributed by atoms with Crippen molar-refractivity contribution >= 4 is 10.0 Å². The van der Waals surface area contributed by atoms with Gasteiger partial charge in [0.15, 0.2) is 0 Å². The Labute approximate surface area is 112 Å². The Kier molecular flexibility index (Phi) is 3.45. The molecule has 1 N–H and O–H groups in total. The van der Waals surface area contributed by atoms with Crippen LogP contribution in [0.25, 0.3) is 0 Å².